The maximum atomic E-state index is 12.5. The minimum atomic E-state index is -1.10. The zero-order valence-corrected chi connectivity index (χ0v) is 17.7. The predicted molar refractivity (Wildman–Crippen MR) is 119 cm³/mol. The molecule has 7 nitrogen and oxygen atoms in total. The first-order valence-corrected chi connectivity index (χ1v) is 11.5. The van der Waals surface area contributed by atoms with Gasteiger partial charge in [0, 0.05) is 41.5 Å². The maximum absolute atomic E-state index is 12.5. The molecule has 0 saturated carbocycles. The SMILES string of the molecule is C[C@@H]1COCCN1c1cc(-c2ccccc2[S+](C)[O-])c2ccn(-c3cc[nH]n3)c2n1. The van der Waals surface area contributed by atoms with Crippen molar-refractivity contribution in [1.29, 1.82) is 0 Å². The third-order valence-electron chi connectivity index (χ3n) is 5.53. The summed E-state index contributed by atoms with van der Waals surface area (Å²) in [6.45, 7) is 4.27. The summed E-state index contributed by atoms with van der Waals surface area (Å²) in [5.74, 6) is 1.67. The van der Waals surface area contributed by atoms with Gasteiger partial charge in [0.1, 0.15) is 17.7 Å². The van der Waals surface area contributed by atoms with Crippen molar-refractivity contribution in [2.45, 2.75) is 17.9 Å². The van der Waals surface area contributed by atoms with Gasteiger partial charge in [0.05, 0.1) is 19.3 Å². The van der Waals surface area contributed by atoms with Crippen molar-refractivity contribution in [2.24, 2.45) is 0 Å². The molecule has 0 spiro atoms. The van der Waals surface area contributed by atoms with Crippen LogP contribution in [0.1, 0.15) is 6.92 Å². The van der Waals surface area contributed by atoms with E-state index in [4.69, 9.17) is 9.72 Å². The summed E-state index contributed by atoms with van der Waals surface area (Å²) in [5.41, 5.74) is 2.81. The zero-order valence-electron chi connectivity index (χ0n) is 16.9. The van der Waals surface area contributed by atoms with Crippen LogP contribution >= 0.6 is 0 Å². The number of anilines is 1. The fourth-order valence-corrected chi connectivity index (χ4v) is 4.80. The average Bonchev–Trinajstić information content (AvgIpc) is 3.43. The van der Waals surface area contributed by atoms with Gasteiger partial charge in [0.2, 0.25) is 0 Å². The molecule has 2 atom stereocenters. The van der Waals surface area contributed by atoms with Gasteiger partial charge in [-0.2, -0.15) is 5.10 Å². The molecule has 0 amide bonds. The zero-order chi connectivity index (χ0) is 20.7. The predicted octanol–water partition coefficient (Wildman–Crippen LogP) is 3.38. The van der Waals surface area contributed by atoms with E-state index in [-0.39, 0.29) is 6.04 Å². The smallest absolute Gasteiger partial charge is 0.160 e. The lowest BCUT2D eigenvalue weighted by Crippen LogP contribution is -2.44. The Bertz CT molecular complexity index is 1170. The van der Waals surface area contributed by atoms with E-state index >= 15 is 0 Å². The fraction of sp³-hybridized carbons (Fsp3) is 0.273. The molecular weight excluding hydrogens is 398 g/mol. The van der Waals surface area contributed by atoms with Gasteiger partial charge >= 0.3 is 0 Å². The maximum Gasteiger partial charge on any atom is 0.160 e. The molecule has 30 heavy (non-hydrogen) atoms. The number of nitrogens with zero attached hydrogens (tertiary/aromatic N) is 4. The quantitative estimate of drug-likeness (QED) is 0.511. The number of hydrogen-bond donors (Lipinski definition) is 1. The van der Waals surface area contributed by atoms with Crippen molar-refractivity contribution in [1.82, 2.24) is 19.7 Å². The number of benzene rings is 1. The Morgan fingerprint density at radius 3 is 2.80 bits per heavy atom. The fourth-order valence-electron chi connectivity index (χ4n) is 4.04. The van der Waals surface area contributed by atoms with Crippen LogP contribution in [-0.4, -0.2) is 56.4 Å². The van der Waals surface area contributed by atoms with Crippen LogP contribution in [0.5, 0.6) is 0 Å². The van der Waals surface area contributed by atoms with Crippen molar-refractivity contribution in [3.8, 4) is 16.9 Å². The molecule has 5 rings (SSSR count). The van der Waals surface area contributed by atoms with Crippen molar-refractivity contribution in [3.63, 3.8) is 0 Å². The molecule has 3 aromatic heterocycles. The molecule has 4 heterocycles. The largest absolute Gasteiger partial charge is 0.612 e. The summed E-state index contributed by atoms with van der Waals surface area (Å²) in [6, 6.07) is 14.2. The summed E-state index contributed by atoms with van der Waals surface area (Å²) < 4.78 is 20.1. The van der Waals surface area contributed by atoms with E-state index in [1.54, 1.807) is 12.5 Å². The van der Waals surface area contributed by atoms with Crippen LogP contribution in [0.4, 0.5) is 5.82 Å². The summed E-state index contributed by atoms with van der Waals surface area (Å²) in [7, 11) is 0. The molecule has 8 heteroatoms. The standard InChI is InChI=1S/C22H23N5O2S/c1-15-14-29-12-11-26(15)21-13-18(16-5-3-4-6-19(16)30(2)28)17-8-10-27(22(17)24-21)20-7-9-23-25-20/h3-10,13,15H,11-12,14H2,1-2H3,(H,23,25)/t15-,30?/m1/s1. The third kappa shape index (κ3) is 3.27. The van der Waals surface area contributed by atoms with E-state index in [9.17, 15) is 4.55 Å². The lowest BCUT2D eigenvalue weighted by Gasteiger charge is -2.34. The number of H-pyrrole nitrogens is 1. The summed E-state index contributed by atoms with van der Waals surface area (Å²) in [5, 5.41) is 8.20. The highest BCUT2D eigenvalue weighted by molar-refractivity contribution is 7.90. The number of fused-ring (bicyclic) bond motifs is 1. The number of aromatic nitrogens is 4. The minimum absolute atomic E-state index is 0.223. The molecule has 1 unspecified atom stereocenters. The Kier molecular flexibility index (Phi) is 4.98. The van der Waals surface area contributed by atoms with Crippen molar-refractivity contribution >= 4 is 28.0 Å². The van der Waals surface area contributed by atoms with Gasteiger partial charge in [-0.05, 0) is 42.4 Å². The number of nitrogens with one attached hydrogen (secondary N) is 1. The second-order valence-electron chi connectivity index (χ2n) is 7.45. The average molecular weight is 422 g/mol. The van der Waals surface area contributed by atoms with Gasteiger partial charge in [0.15, 0.2) is 10.7 Å². The van der Waals surface area contributed by atoms with Crippen LogP contribution in [0.25, 0.3) is 28.0 Å². The van der Waals surface area contributed by atoms with Crippen LogP contribution in [-0.2, 0) is 15.9 Å². The Balaban J connectivity index is 1.77. The monoisotopic (exact) mass is 421 g/mol. The highest BCUT2D eigenvalue weighted by atomic mass is 32.2. The molecule has 1 aliphatic rings. The van der Waals surface area contributed by atoms with Crippen molar-refractivity contribution in [3.05, 3.63) is 54.9 Å². The van der Waals surface area contributed by atoms with Crippen LogP contribution in [0.15, 0.2) is 59.8 Å². The van der Waals surface area contributed by atoms with Crippen LogP contribution in [0.3, 0.4) is 0 Å². The Labute approximate surface area is 177 Å². The number of pyridine rings is 1. The Morgan fingerprint density at radius 2 is 2.03 bits per heavy atom. The first-order valence-electron chi connectivity index (χ1n) is 9.93. The first kappa shape index (κ1) is 19.2. The molecule has 1 aliphatic heterocycles. The van der Waals surface area contributed by atoms with Crippen LogP contribution in [0, 0.1) is 0 Å². The molecule has 0 bridgehead atoms. The number of hydrogen-bond acceptors (Lipinski definition) is 5. The number of aromatic amines is 1. The van der Waals surface area contributed by atoms with Gasteiger partial charge in [-0.3, -0.25) is 9.67 Å². The molecule has 1 fully saturated rings. The minimum Gasteiger partial charge on any atom is -0.612 e. The molecule has 0 radical (unpaired) electrons. The van der Waals surface area contributed by atoms with Gasteiger partial charge in [-0.25, -0.2) is 4.98 Å². The van der Waals surface area contributed by atoms with E-state index in [2.05, 4.69) is 28.1 Å². The van der Waals surface area contributed by atoms with E-state index in [1.807, 2.05) is 47.2 Å². The van der Waals surface area contributed by atoms with E-state index in [1.165, 1.54) is 0 Å². The normalized spacial score (nSPS) is 18.1. The van der Waals surface area contributed by atoms with E-state index < -0.39 is 11.2 Å². The molecular formula is C22H23N5O2S. The van der Waals surface area contributed by atoms with E-state index in [0.717, 1.165) is 45.2 Å². The Hall–Kier alpha value is -2.81. The summed E-state index contributed by atoms with van der Waals surface area (Å²) >= 11 is -1.10. The second-order valence-corrected chi connectivity index (χ2v) is 8.80. The molecule has 1 N–H and O–H groups in total. The molecule has 4 aromatic rings. The highest BCUT2D eigenvalue weighted by Crippen LogP contribution is 2.36. The summed E-state index contributed by atoms with van der Waals surface area (Å²) in [4.78, 5) is 8.13. The van der Waals surface area contributed by atoms with Crippen molar-refractivity contribution in [2.75, 3.05) is 30.9 Å². The molecule has 154 valence electrons. The van der Waals surface area contributed by atoms with Crippen LogP contribution < -0.4 is 4.90 Å². The third-order valence-corrected chi connectivity index (χ3v) is 6.50. The Morgan fingerprint density at radius 1 is 1.17 bits per heavy atom. The first-order chi connectivity index (χ1) is 14.6. The second kappa shape index (κ2) is 7.79. The van der Waals surface area contributed by atoms with Gasteiger partial charge in [-0.15, -0.1) is 0 Å². The lowest BCUT2D eigenvalue weighted by atomic mass is 10.0. The van der Waals surface area contributed by atoms with E-state index in [0.29, 0.717) is 13.2 Å². The lowest BCUT2D eigenvalue weighted by molar-refractivity contribution is 0.0986. The number of ether oxygens (including phenoxy) is 1. The highest BCUT2D eigenvalue weighted by Gasteiger charge is 2.24. The van der Waals surface area contributed by atoms with Gasteiger partial charge in [0.25, 0.3) is 0 Å². The topological polar surface area (TPSA) is 82.0 Å². The molecule has 1 saturated heterocycles. The summed E-state index contributed by atoms with van der Waals surface area (Å²) in [6.07, 6.45) is 5.50. The number of morpholine rings is 1. The van der Waals surface area contributed by atoms with Gasteiger partial charge < -0.3 is 14.2 Å². The van der Waals surface area contributed by atoms with Crippen LogP contribution in [0.2, 0.25) is 0 Å². The molecule has 1 aromatic carbocycles. The van der Waals surface area contributed by atoms with Gasteiger partial charge in [-0.1, -0.05) is 12.1 Å². The van der Waals surface area contributed by atoms with Crippen molar-refractivity contribution < 1.29 is 9.29 Å². The molecule has 0 aliphatic carbocycles. The number of rotatable bonds is 4.